The van der Waals surface area contributed by atoms with Gasteiger partial charge >= 0.3 is 5.97 Å². The maximum Gasteiger partial charge on any atom is 0.339 e. The summed E-state index contributed by atoms with van der Waals surface area (Å²) >= 11 is 0. The molecule has 2 saturated carbocycles. The van der Waals surface area contributed by atoms with Gasteiger partial charge in [0.15, 0.2) is 5.78 Å². The fourth-order valence-electron chi connectivity index (χ4n) is 3.88. The zero-order chi connectivity index (χ0) is 9.72. The van der Waals surface area contributed by atoms with E-state index < -0.39 is 5.97 Å². The lowest BCUT2D eigenvalue weighted by Gasteiger charge is -2.49. The summed E-state index contributed by atoms with van der Waals surface area (Å²) in [6.45, 7) is 0. The largest absolute Gasteiger partial charge is 0.478 e. The molecule has 4 rings (SSSR count). The van der Waals surface area contributed by atoms with Gasteiger partial charge < -0.3 is 5.11 Å². The second-order valence-electron chi connectivity index (χ2n) is 4.84. The van der Waals surface area contributed by atoms with Crippen LogP contribution in [0.1, 0.15) is 6.42 Å². The summed E-state index contributed by atoms with van der Waals surface area (Å²) in [6, 6.07) is 0. The number of carbonyl (C=O) groups is 2. The molecule has 1 N–H and O–H groups in total. The van der Waals surface area contributed by atoms with Crippen molar-refractivity contribution in [2.45, 2.75) is 6.42 Å². The SMILES string of the molecule is O=C(O)C1=C[C@H]2[C@@H](C1=O)[C@]13C=C[C@@]21C3. The lowest BCUT2D eigenvalue weighted by molar-refractivity contribution is -0.136. The van der Waals surface area contributed by atoms with Gasteiger partial charge in [0.05, 0.1) is 5.57 Å². The van der Waals surface area contributed by atoms with Crippen molar-refractivity contribution in [2.24, 2.45) is 22.7 Å². The minimum Gasteiger partial charge on any atom is -0.478 e. The zero-order valence-corrected chi connectivity index (χ0v) is 7.36. The molecule has 0 aromatic carbocycles. The number of ketones is 1. The average Bonchev–Trinajstić information content (AvgIpc) is 2.54. The van der Waals surface area contributed by atoms with Gasteiger partial charge in [-0.3, -0.25) is 4.79 Å². The lowest BCUT2D eigenvalue weighted by Crippen LogP contribution is -2.49. The van der Waals surface area contributed by atoms with Crippen molar-refractivity contribution < 1.29 is 14.7 Å². The molecule has 3 nitrogen and oxygen atoms in total. The molecule has 4 aliphatic rings. The third-order valence-corrected chi connectivity index (χ3v) is 4.64. The highest BCUT2D eigenvalue weighted by Gasteiger charge is 2.88. The highest BCUT2D eigenvalue weighted by Crippen LogP contribution is 2.91. The number of Topliss-reactive ketones (excluding diaryl/α,β-unsaturated/α-hetero) is 1. The Bertz CT molecular complexity index is 473. The van der Waals surface area contributed by atoms with E-state index in [4.69, 9.17) is 5.11 Å². The summed E-state index contributed by atoms with van der Waals surface area (Å²) in [5, 5.41) is 8.83. The van der Waals surface area contributed by atoms with Crippen LogP contribution in [0.4, 0.5) is 0 Å². The predicted octanol–water partition coefficient (Wildman–Crippen LogP) is 0.772. The van der Waals surface area contributed by atoms with E-state index in [1.54, 1.807) is 6.08 Å². The molecule has 14 heavy (non-hydrogen) atoms. The number of rotatable bonds is 1. The van der Waals surface area contributed by atoms with E-state index in [0.29, 0.717) is 0 Å². The summed E-state index contributed by atoms with van der Waals surface area (Å²) in [5.74, 6) is -1.03. The van der Waals surface area contributed by atoms with E-state index in [1.165, 1.54) is 0 Å². The van der Waals surface area contributed by atoms with E-state index in [1.807, 2.05) is 0 Å². The van der Waals surface area contributed by atoms with Crippen molar-refractivity contribution in [2.75, 3.05) is 0 Å². The molecule has 0 saturated heterocycles. The first-order valence-electron chi connectivity index (χ1n) is 4.82. The molecule has 0 aromatic rings. The molecule has 3 heteroatoms. The Morgan fingerprint density at radius 3 is 2.64 bits per heavy atom. The van der Waals surface area contributed by atoms with Crippen LogP contribution in [0.5, 0.6) is 0 Å². The Balaban J connectivity index is 1.84. The second-order valence-corrected chi connectivity index (χ2v) is 4.84. The van der Waals surface area contributed by atoms with Gasteiger partial charge in [-0.2, -0.15) is 0 Å². The Labute approximate surface area is 80.1 Å². The monoisotopic (exact) mass is 188 g/mol. The van der Waals surface area contributed by atoms with Crippen LogP contribution in [0, 0.1) is 22.7 Å². The normalized spacial score (nSPS) is 54.9. The number of carboxylic acid groups (broad SMARTS) is 1. The first kappa shape index (κ1) is 6.98. The molecule has 0 aliphatic heterocycles. The van der Waals surface area contributed by atoms with E-state index in [2.05, 4.69) is 12.2 Å². The second kappa shape index (κ2) is 1.49. The van der Waals surface area contributed by atoms with Crippen LogP contribution >= 0.6 is 0 Å². The molecule has 0 unspecified atom stereocenters. The number of carbonyl (C=O) groups excluding carboxylic acids is 1. The van der Waals surface area contributed by atoms with E-state index >= 15 is 0 Å². The molecule has 2 fully saturated rings. The van der Waals surface area contributed by atoms with Crippen molar-refractivity contribution in [3.63, 3.8) is 0 Å². The number of hydrogen-bond donors (Lipinski definition) is 1. The molecule has 0 bridgehead atoms. The van der Waals surface area contributed by atoms with Crippen LogP contribution in [-0.2, 0) is 9.59 Å². The van der Waals surface area contributed by atoms with Crippen LogP contribution < -0.4 is 0 Å². The summed E-state index contributed by atoms with van der Waals surface area (Å²) < 4.78 is 0. The Hall–Kier alpha value is -1.38. The third kappa shape index (κ3) is 0.384. The van der Waals surface area contributed by atoms with Crippen molar-refractivity contribution in [1.29, 1.82) is 0 Å². The highest BCUT2D eigenvalue weighted by molar-refractivity contribution is 6.21. The lowest BCUT2D eigenvalue weighted by atomic mass is 9.52. The minimum atomic E-state index is -1.06. The van der Waals surface area contributed by atoms with E-state index in [9.17, 15) is 9.59 Å². The molecule has 70 valence electrons. The number of fused-ring (bicyclic) bond motifs is 1. The molecule has 0 aromatic heterocycles. The summed E-state index contributed by atoms with van der Waals surface area (Å²) in [6.07, 6.45) is 7.02. The van der Waals surface area contributed by atoms with Crippen LogP contribution in [-0.4, -0.2) is 16.9 Å². The topological polar surface area (TPSA) is 54.4 Å². The molecule has 4 aliphatic carbocycles. The van der Waals surface area contributed by atoms with Gasteiger partial charge in [-0.15, -0.1) is 0 Å². The molecular formula is C11H8O3. The van der Waals surface area contributed by atoms with Gasteiger partial charge in [-0.25, -0.2) is 4.79 Å². The van der Waals surface area contributed by atoms with Gasteiger partial charge in [-0.05, 0) is 12.3 Å². The quantitative estimate of drug-likeness (QED) is 0.488. The van der Waals surface area contributed by atoms with Gasteiger partial charge in [0.2, 0.25) is 0 Å². The van der Waals surface area contributed by atoms with Gasteiger partial charge in [0.1, 0.15) is 0 Å². The summed E-state index contributed by atoms with van der Waals surface area (Å²) in [7, 11) is 0. The van der Waals surface area contributed by atoms with Crippen molar-refractivity contribution in [1.82, 2.24) is 0 Å². The first-order chi connectivity index (χ1) is 6.62. The number of hydrogen-bond acceptors (Lipinski definition) is 2. The van der Waals surface area contributed by atoms with E-state index in [0.717, 1.165) is 6.42 Å². The highest BCUT2D eigenvalue weighted by atomic mass is 16.4. The molecule has 0 amide bonds. The standard InChI is InChI=1S/C11H8O3/c12-8-5(9(13)14)3-6-7(8)11-2-1-10(6,11)4-11/h1-3,6-7H,4H2,(H,13,14)/t6-,7-,10+,11+/m0/s1. The predicted molar refractivity (Wildman–Crippen MR) is 46.3 cm³/mol. The zero-order valence-electron chi connectivity index (χ0n) is 7.36. The fourth-order valence-corrected chi connectivity index (χ4v) is 3.88. The van der Waals surface area contributed by atoms with Gasteiger partial charge in [0, 0.05) is 16.7 Å². The third-order valence-electron chi connectivity index (χ3n) is 4.64. The first-order valence-corrected chi connectivity index (χ1v) is 4.82. The fraction of sp³-hybridized carbons (Fsp3) is 0.455. The minimum absolute atomic E-state index is 0.0228. The van der Waals surface area contributed by atoms with Crippen molar-refractivity contribution in [3.8, 4) is 0 Å². The van der Waals surface area contributed by atoms with Crippen LogP contribution in [0.3, 0.4) is 0 Å². The van der Waals surface area contributed by atoms with Crippen molar-refractivity contribution in [3.05, 3.63) is 23.8 Å². The molecule has 4 atom stereocenters. The molecule has 0 spiro atoms. The maximum absolute atomic E-state index is 11.7. The molecule has 0 radical (unpaired) electrons. The number of carboxylic acids is 1. The van der Waals surface area contributed by atoms with E-state index in [-0.39, 0.29) is 34.0 Å². The Morgan fingerprint density at radius 1 is 1.43 bits per heavy atom. The smallest absolute Gasteiger partial charge is 0.339 e. The van der Waals surface area contributed by atoms with Gasteiger partial charge in [-0.1, -0.05) is 18.2 Å². The number of allylic oxidation sites excluding steroid dienone is 3. The van der Waals surface area contributed by atoms with Crippen molar-refractivity contribution >= 4 is 11.8 Å². The van der Waals surface area contributed by atoms with Crippen LogP contribution in [0.2, 0.25) is 0 Å². The Morgan fingerprint density at radius 2 is 2.14 bits per heavy atom. The van der Waals surface area contributed by atoms with Gasteiger partial charge in [0.25, 0.3) is 0 Å². The van der Waals surface area contributed by atoms with Crippen LogP contribution in [0.15, 0.2) is 23.8 Å². The number of aliphatic carboxylic acids is 1. The maximum atomic E-state index is 11.7. The molecule has 0 heterocycles. The average molecular weight is 188 g/mol. The summed E-state index contributed by atoms with van der Waals surface area (Å²) in [5.41, 5.74) is 0.335. The molecular weight excluding hydrogens is 180 g/mol. The van der Waals surface area contributed by atoms with Crippen LogP contribution in [0.25, 0.3) is 0 Å². The Kier molecular flexibility index (Phi) is 0.745. The summed E-state index contributed by atoms with van der Waals surface area (Å²) in [4.78, 5) is 22.5.